The number of nitriles is 1. The fourth-order valence-electron chi connectivity index (χ4n) is 2.26. The maximum Gasteiger partial charge on any atom is 0.191 e. The highest BCUT2D eigenvalue weighted by Gasteiger charge is 2.18. The Morgan fingerprint density at radius 3 is 2.64 bits per heavy atom. The molecule has 2 aromatic heterocycles. The van der Waals surface area contributed by atoms with Crippen molar-refractivity contribution in [2.45, 2.75) is 6.92 Å². The average Bonchev–Trinajstić information content (AvgIpc) is 2.99. The van der Waals surface area contributed by atoms with Crippen molar-refractivity contribution in [2.75, 3.05) is 7.11 Å². The van der Waals surface area contributed by atoms with Crippen LogP contribution in [0.15, 0.2) is 42.7 Å². The molecule has 6 nitrogen and oxygen atoms in total. The third kappa shape index (κ3) is 2.29. The van der Waals surface area contributed by atoms with E-state index in [0.717, 1.165) is 16.8 Å². The Morgan fingerprint density at radius 1 is 1.18 bits per heavy atom. The Morgan fingerprint density at radius 2 is 1.95 bits per heavy atom. The average molecular weight is 291 g/mol. The molecule has 0 fully saturated rings. The maximum atomic E-state index is 9.31. The molecular weight excluding hydrogens is 278 g/mol. The standard InChI is InChI=1S/C16H13N5O/c1-11-3-4-15(22-2)14(9-11)21-16(13(10-17)19-20-21)12-5-7-18-8-6-12/h3-9H,1-2H3. The Hall–Kier alpha value is -3.20. The summed E-state index contributed by atoms with van der Waals surface area (Å²) in [4.78, 5) is 4.00. The highest BCUT2D eigenvalue weighted by Crippen LogP contribution is 2.29. The third-order valence-electron chi connectivity index (χ3n) is 3.29. The predicted molar refractivity (Wildman–Crippen MR) is 80.6 cm³/mol. The van der Waals surface area contributed by atoms with Crippen molar-refractivity contribution in [3.05, 3.63) is 54.0 Å². The lowest BCUT2D eigenvalue weighted by atomic mass is 10.1. The summed E-state index contributed by atoms with van der Waals surface area (Å²) in [5.74, 6) is 0.662. The molecule has 0 aliphatic carbocycles. The molecular formula is C16H13N5O. The van der Waals surface area contributed by atoms with E-state index in [2.05, 4.69) is 21.4 Å². The van der Waals surface area contributed by atoms with Gasteiger partial charge in [-0.1, -0.05) is 11.3 Å². The molecule has 3 aromatic rings. The van der Waals surface area contributed by atoms with Crippen molar-refractivity contribution >= 4 is 0 Å². The number of pyridine rings is 1. The molecule has 0 aliphatic rings. The molecule has 3 rings (SSSR count). The maximum absolute atomic E-state index is 9.31. The van der Waals surface area contributed by atoms with Crippen molar-refractivity contribution in [1.29, 1.82) is 5.26 Å². The normalized spacial score (nSPS) is 10.2. The lowest BCUT2D eigenvalue weighted by molar-refractivity contribution is 0.411. The highest BCUT2D eigenvalue weighted by molar-refractivity contribution is 5.67. The van der Waals surface area contributed by atoms with Gasteiger partial charge in [-0.2, -0.15) is 5.26 Å². The Kier molecular flexibility index (Phi) is 3.54. The zero-order chi connectivity index (χ0) is 15.5. The van der Waals surface area contributed by atoms with Crippen molar-refractivity contribution in [1.82, 2.24) is 20.0 Å². The van der Waals surface area contributed by atoms with Gasteiger partial charge in [0.2, 0.25) is 0 Å². The molecule has 0 aliphatic heterocycles. The van der Waals surface area contributed by atoms with Crippen molar-refractivity contribution in [3.8, 4) is 28.8 Å². The first-order valence-electron chi connectivity index (χ1n) is 6.66. The summed E-state index contributed by atoms with van der Waals surface area (Å²) in [5.41, 5.74) is 3.50. The van der Waals surface area contributed by atoms with E-state index in [1.165, 1.54) is 0 Å². The third-order valence-corrected chi connectivity index (χ3v) is 3.29. The van der Waals surface area contributed by atoms with Crippen LogP contribution in [0.3, 0.4) is 0 Å². The van der Waals surface area contributed by atoms with E-state index in [-0.39, 0.29) is 5.69 Å². The number of aromatic nitrogens is 4. The molecule has 0 amide bonds. The molecule has 0 saturated heterocycles. The van der Waals surface area contributed by atoms with Gasteiger partial charge in [-0.15, -0.1) is 5.10 Å². The van der Waals surface area contributed by atoms with Gasteiger partial charge < -0.3 is 4.74 Å². The first-order valence-corrected chi connectivity index (χ1v) is 6.66. The zero-order valence-electron chi connectivity index (χ0n) is 12.2. The summed E-state index contributed by atoms with van der Waals surface area (Å²) in [6.45, 7) is 1.98. The summed E-state index contributed by atoms with van der Waals surface area (Å²) in [7, 11) is 1.60. The smallest absolute Gasteiger partial charge is 0.191 e. The van der Waals surface area contributed by atoms with Crippen LogP contribution in [-0.2, 0) is 0 Å². The molecule has 1 aromatic carbocycles. The number of rotatable bonds is 3. The summed E-state index contributed by atoms with van der Waals surface area (Å²) < 4.78 is 7.03. The second kappa shape index (κ2) is 5.66. The van der Waals surface area contributed by atoms with E-state index >= 15 is 0 Å². The number of benzene rings is 1. The van der Waals surface area contributed by atoms with Crippen LogP contribution in [-0.4, -0.2) is 27.1 Å². The Balaban J connectivity index is 2.28. The van der Waals surface area contributed by atoms with Crippen LogP contribution in [0.2, 0.25) is 0 Å². The molecule has 0 atom stereocenters. The monoisotopic (exact) mass is 291 g/mol. The molecule has 22 heavy (non-hydrogen) atoms. The second-order valence-corrected chi connectivity index (χ2v) is 4.72. The van der Waals surface area contributed by atoms with Gasteiger partial charge in [0.25, 0.3) is 0 Å². The number of hydrogen-bond donors (Lipinski definition) is 0. The van der Waals surface area contributed by atoms with E-state index in [9.17, 15) is 5.26 Å². The van der Waals surface area contributed by atoms with Crippen LogP contribution in [0.5, 0.6) is 5.75 Å². The molecule has 108 valence electrons. The van der Waals surface area contributed by atoms with Crippen molar-refractivity contribution in [3.63, 3.8) is 0 Å². The SMILES string of the molecule is COc1ccc(C)cc1-n1nnc(C#N)c1-c1ccncc1. The van der Waals surface area contributed by atoms with E-state index < -0.39 is 0 Å². The summed E-state index contributed by atoms with van der Waals surface area (Å²) >= 11 is 0. The quantitative estimate of drug-likeness (QED) is 0.741. The van der Waals surface area contributed by atoms with Crippen LogP contribution in [0.4, 0.5) is 0 Å². The predicted octanol–water partition coefficient (Wildman–Crippen LogP) is 2.52. The number of nitrogens with zero attached hydrogens (tertiary/aromatic N) is 5. The fourth-order valence-corrected chi connectivity index (χ4v) is 2.26. The molecule has 0 bridgehead atoms. The summed E-state index contributed by atoms with van der Waals surface area (Å²) in [6.07, 6.45) is 3.34. The van der Waals surface area contributed by atoms with Gasteiger partial charge in [0, 0.05) is 18.0 Å². The van der Waals surface area contributed by atoms with Crippen LogP contribution in [0, 0.1) is 18.3 Å². The number of methoxy groups -OCH3 is 1. The molecule has 0 spiro atoms. The molecule has 0 radical (unpaired) electrons. The van der Waals surface area contributed by atoms with E-state index in [4.69, 9.17) is 4.74 Å². The summed E-state index contributed by atoms with van der Waals surface area (Å²) in [5, 5.41) is 17.4. The Labute approximate surface area is 127 Å². The van der Waals surface area contributed by atoms with E-state index in [0.29, 0.717) is 11.4 Å². The second-order valence-electron chi connectivity index (χ2n) is 4.72. The Bertz CT molecular complexity index is 849. The topological polar surface area (TPSA) is 76.6 Å². The van der Waals surface area contributed by atoms with Crippen LogP contribution >= 0.6 is 0 Å². The van der Waals surface area contributed by atoms with Crippen LogP contribution in [0.1, 0.15) is 11.3 Å². The number of ether oxygens (including phenoxy) is 1. The van der Waals surface area contributed by atoms with Gasteiger partial charge in [-0.05, 0) is 36.8 Å². The van der Waals surface area contributed by atoms with Gasteiger partial charge in [0.1, 0.15) is 23.2 Å². The first-order chi connectivity index (χ1) is 10.7. The lowest BCUT2D eigenvalue weighted by Crippen LogP contribution is -2.03. The van der Waals surface area contributed by atoms with E-state index in [1.54, 1.807) is 24.2 Å². The van der Waals surface area contributed by atoms with Gasteiger partial charge in [0.05, 0.1) is 7.11 Å². The fraction of sp³-hybridized carbons (Fsp3) is 0.125. The van der Waals surface area contributed by atoms with Crippen LogP contribution < -0.4 is 4.74 Å². The number of hydrogen-bond acceptors (Lipinski definition) is 5. The molecule has 0 saturated carbocycles. The minimum atomic E-state index is 0.259. The van der Waals surface area contributed by atoms with E-state index in [1.807, 2.05) is 37.3 Å². The number of aryl methyl sites for hydroxylation is 1. The van der Waals surface area contributed by atoms with Gasteiger partial charge >= 0.3 is 0 Å². The zero-order valence-corrected chi connectivity index (χ0v) is 12.2. The molecule has 0 N–H and O–H groups in total. The first kappa shape index (κ1) is 13.8. The van der Waals surface area contributed by atoms with Crippen LogP contribution in [0.25, 0.3) is 16.9 Å². The summed E-state index contributed by atoms with van der Waals surface area (Å²) in [6, 6.07) is 11.5. The molecule has 6 heteroatoms. The van der Waals surface area contributed by atoms with Gasteiger partial charge in [0.15, 0.2) is 5.69 Å². The van der Waals surface area contributed by atoms with Crippen molar-refractivity contribution < 1.29 is 4.74 Å². The molecule has 2 heterocycles. The largest absolute Gasteiger partial charge is 0.494 e. The minimum Gasteiger partial charge on any atom is -0.494 e. The van der Waals surface area contributed by atoms with Crippen molar-refractivity contribution in [2.24, 2.45) is 0 Å². The lowest BCUT2D eigenvalue weighted by Gasteiger charge is -2.11. The molecule has 0 unspecified atom stereocenters. The highest BCUT2D eigenvalue weighted by atomic mass is 16.5. The van der Waals surface area contributed by atoms with Gasteiger partial charge in [-0.25, -0.2) is 4.68 Å². The minimum absolute atomic E-state index is 0.259. The van der Waals surface area contributed by atoms with Gasteiger partial charge in [-0.3, -0.25) is 4.98 Å².